The summed E-state index contributed by atoms with van der Waals surface area (Å²) >= 11 is 5.59. The summed E-state index contributed by atoms with van der Waals surface area (Å²) in [6, 6.07) is 3.35. The number of hydrogen-bond acceptors (Lipinski definition) is 4. The summed E-state index contributed by atoms with van der Waals surface area (Å²) in [6.45, 7) is 0. The summed E-state index contributed by atoms with van der Waals surface area (Å²) in [6.07, 6.45) is -0.754. The van der Waals surface area contributed by atoms with Gasteiger partial charge in [0.1, 0.15) is 0 Å². The van der Waals surface area contributed by atoms with Crippen LogP contribution in [-0.2, 0) is 0 Å². The first-order chi connectivity index (χ1) is 7.67. The standard InChI is InChI=1S/C11H15ClO4/c1-14-9-4-7(8(13)6-12)5-10(15-2)11(9)16-3/h4-5,8,13H,6H2,1-3H3/t8-/m0/s1. The molecule has 0 aliphatic carbocycles. The van der Waals surface area contributed by atoms with Gasteiger partial charge in [-0.25, -0.2) is 0 Å². The minimum atomic E-state index is -0.754. The van der Waals surface area contributed by atoms with Gasteiger partial charge in [0.05, 0.1) is 33.3 Å². The highest BCUT2D eigenvalue weighted by Gasteiger charge is 2.16. The van der Waals surface area contributed by atoms with Crippen LogP contribution >= 0.6 is 11.6 Å². The van der Waals surface area contributed by atoms with Crippen molar-refractivity contribution in [2.24, 2.45) is 0 Å². The van der Waals surface area contributed by atoms with Gasteiger partial charge in [0.2, 0.25) is 5.75 Å². The van der Waals surface area contributed by atoms with Crippen LogP contribution in [0.5, 0.6) is 17.2 Å². The SMILES string of the molecule is COc1cc([C@@H](O)CCl)cc(OC)c1OC. The lowest BCUT2D eigenvalue weighted by molar-refractivity contribution is 0.201. The molecule has 1 rings (SSSR count). The van der Waals surface area contributed by atoms with Gasteiger partial charge in [0, 0.05) is 0 Å². The van der Waals surface area contributed by atoms with E-state index in [1.165, 1.54) is 21.3 Å². The van der Waals surface area contributed by atoms with Crippen LogP contribution in [0.15, 0.2) is 12.1 Å². The topological polar surface area (TPSA) is 47.9 Å². The highest BCUT2D eigenvalue weighted by atomic mass is 35.5. The molecule has 16 heavy (non-hydrogen) atoms. The molecule has 90 valence electrons. The number of hydrogen-bond donors (Lipinski definition) is 1. The highest BCUT2D eigenvalue weighted by Crippen LogP contribution is 2.39. The lowest BCUT2D eigenvalue weighted by Gasteiger charge is -2.15. The first-order valence-corrected chi connectivity index (χ1v) is 5.25. The first kappa shape index (κ1) is 12.9. The molecule has 0 bridgehead atoms. The van der Waals surface area contributed by atoms with E-state index in [1.54, 1.807) is 12.1 Å². The predicted octanol–water partition coefficient (Wildman–Crippen LogP) is 1.98. The summed E-state index contributed by atoms with van der Waals surface area (Å²) in [7, 11) is 4.57. The average molecular weight is 247 g/mol. The maximum Gasteiger partial charge on any atom is 0.203 e. The molecule has 0 amide bonds. The number of benzene rings is 1. The van der Waals surface area contributed by atoms with E-state index in [1.807, 2.05) is 0 Å². The molecular weight excluding hydrogens is 232 g/mol. The molecule has 0 unspecified atom stereocenters. The molecule has 1 atom stereocenters. The molecule has 0 fully saturated rings. The second-order valence-corrected chi connectivity index (χ2v) is 3.44. The van der Waals surface area contributed by atoms with Crippen molar-refractivity contribution in [1.82, 2.24) is 0 Å². The number of alkyl halides is 1. The van der Waals surface area contributed by atoms with Crippen molar-refractivity contribution in [2.45, 2.75) is 6.10 Å². The van der Waals surface area contributed by atoms with E-state index in [9.17, 15) is 5.11 Å². The Bertz CT molecular complexity index is 329. The molecular formula is C11H15ClO4. The zero-order chi connectivity index (χ0) is 12.1. The van der Waals surface area contributed by atoms with E-state index < -0.39 is 6.10 Å². The lowest BCUT2D eigenvalue weighted by Crippen LogP contribution is -2.02. The molecule has 0 aromatic heterocycles. The van der Waals surface area contributed by atoms with Gasteiger partial charge >= 0.3 is 0 Å². The Morgan fingerprint density at radius 2 is 1.62 bits per heavy atom. The third-order valence-corrected chi connectivity index (χ3v) is 2.51. The predicted molar refractivity (Wildman–Crippen MR) is 61.8 cm³/mol. The van der Waals surface area contributed by atoms with E-state index in [2.05, 4.69) is 0 Å². The van der Waals surface area contributed by atoms with Gasteiger partial charge in [0.15, 0.2) is 11.5 Å². The molecule has 0 heterocycles. The van der Waals surface area contributed by atoms with Crippen molar-refractivity contribution >= 4 is 11.6 Å². The second kappa shape index (κ2) is 5.82. The highest BCUT2D eigenvalue weighted by molar-refractivity contribution is 6.18. The third-order valence-electron chi connectivity index (χ3n) is 2.22. The molecule has 1 N–H and O–H groups in total. The quantitative estimate of drug-likeness (QED) is 0.808. The van der Waals surface area contributed by atoms with Crippen LogP contribution < -0.4 is 14.2 Å². The minimum Gasteiger partial charge on any atom is -0.493 e. The first-order valence-electron chi connectivity index (χ1n) is 4.71. The van der Waals surface area contributed by atoms with Crippen molar-refractivity contribution in [1.29, 1.82) is 0 Å². The van der Waals surface area contributed by atoms with E-state index >= 15 is 0 Å². The maximum atomic E-state index is 9.65. The van der Waals surface area contributed by atoms with Gasteiger partial charge in [0.25, 0.3) is 0 Å². The van der Waals surface area contributed by atoms with Crippen LogP contribution in [0.2, 0.25) is 0 Å². The third kappa shape index (κ3) is 2.51. The van der Waals surface area contributed by atoms with Gasteiger partial charge in [-0.2, -0.15) is 0 Å². The van der Waals surface area contributed by atoms with Crippen molar-refractivity contribution in [3.8, 4) is 17.2 Å². The Hall–Kier alpha value is -1.13. The molecule has 1 aromatic rings. The fourth-order valence-electron chi connectivity index (χ4n) is 1.38. The Labute approximate surface area is 99.7 Å². The number of methoxy groups -OCH3 is 3. The fraction of sp³-hybridized carbons (Fsp3) is 0.455. The summed E-state index contributed by atoms with van der Waals surface area (Å²) in [5.74, 6) is 1.61. The smallest absolute Gasteiger partial charge is 0.203 e. The molecule has 4 nitrogen and oxygen atoms in total. The van der Waals surface area contributed by atoms with Crippen LogP contribution in [0.1, 0.15) is 11.7 Å². The number of halogens is 1. The van der Waals surface area contributed by atoms with Crippen molar-refractivity contribution < 1.29 is 19.3 Å². The Morgan fingerprint density at radius 1 is 1.12 bits per heavy atom. The second-order valence-electron chi connectivity index (χ2n) is 3.13. The summed E-state index contributed by atoms with van der Waals surface area (Å²) < 4.78 is 15.5. The van der Waals surface area contributed by atoms with Crippen molar-refractivity contribution in [3.05, 3.63) is 17.7 Å². The van der Waals surface area contributed by atoms with Crippen LogP contribution in [0.25, 0.3) is 0 Å². The van der Waals surface area contributed by atoms with Crippen LogP contribution in [0.4, 0.5) is 0 Å². The van der Waals surface area contributed by atoms with Crippen LogP contribution in [0, 0.1) is 0 Å². The van der Waals surface area contributed by atoms with E-state index in [4.69, 9.17) is 25.8 Å². The monoisotopic (exact) mass is 246 g/mol. The Kier molecular flexibility index (Phi) is 4.71. The van der Waals surface area contributed by atoms with Crippen molar-refractivity contribution in [3.63, 3.8) is 0 Å². The van der Waals surface area contributed by atoms with Crippen LogP contribution in [0.3, 0.4) is 0 Å². The summed E-state index contributed by atoms with van der Waals surface area (Å²) in [5, 5.41) is 9.65. The Morgan fingerprint density at radius 3 is 1.94 bits per heavy atom. The molecule has 5 heteroatoms. The number of aliphatic hydroxyl groups excluding tert-OH is 1. The molecule has 0 aliphatic rings. The molecule has 0 radical (unpaired) electrons. The van der Waals surface area contributed by atoms with E-state index in [-0.39, 0.29) is 5.88 Å². The number of ether oxygens (including phenoxy) is 3. The molecule has 0 aliphatic heterocycles. The van der Waals surface area contributed by atoms with Gasteiger partial charge in [-0.05, 0) is 17.7 Å². The van der Waals surface area contributed by atoms with Gasteiger partial charge in [-0.1, -0.05) is 0 Å². The normalized spacial score (nSPS) is 12.1. The van der Waals surface area contributed by atoms with Gasteiger partial charge in [-0.3, -0.25) is 0 Å². The van der Waals surface area contributed by atoms with E-state index in [0.717, 1.165) is 0 Å². The number of rotatable bonds is 5. The molecule has 0 saturated carbocycles. The average Bonchev–Trinajstić information content (AvgIpc) is 2.35. The summed E-state index contributed by atoms with van der Waals surface area (Å²) in [5.41, 5.74) is 0.629. The molecule has 0 saturated heterocycles. The maximum absolute atomic E-state index is 9.65. The summed E-state index contributed by atoms with van der Waals surface area (Å²) in [4.78, 5) is 0. The largest absolute Gasteiger partial charge is 0.493 e. The lowest BCUT2D eigenvalue weighted by atomic mass is 10.1. The number of aliphatic hydroxyl groups is 1. The van der Waals surface area contributed by atoms with E-state index in [0.29, 0.717) is 22.8 Å². The zero-order valence-electron chi connectivity index (χ0n) is 9.49. The van der Waals surface area contributed by atoms with Crippen molar-refractivity contribution in [2.75, 3.05) is 27.2 Å². The minimum absolute atomic E-state index is 0.110. The zero-order valence-corrected chi connectivity index (χ0v) is 10.2. The Balaban J connectivity index is 3.25. The molecule has 0 spiro atoms. The fourth-order valence-corrected chi connectivity index (χ4v) is 1.56. The van der Waals surface area contributed by atoms with Crippen LogP contribution in [-0.4, -0.2) is 32.3 Å². The van der Waals surface area contributed by atoms with Gasteiger partial charge in [-0.15, -0.1) is 11.6 Å². The van der Waals surface area contributed by atoms with Gasteiger partial charge < -0.3 is 19.3 Å². The molecule has 1 aromatic carbocycles.